The first-order valence-electron chi connectivity index (χ1n) is 8.15. The molecule has 2 fully saturated rings. The third-order valence-corrected chi connectivity index (χ3v) is 4.69. The predicted octanol–water partition coefficient (Wildman–Crippen LogP) is 3.60. The Hall–Kier alpha value is -0.770. The fourth-order valence-electron chi connectivity index (χ4n) is 3.08. The summed E-state index contributed by atoms with van der Waals surface area (Å²) in [5.41, 5.74) is 2.55. The second-order valence-corrected chi connectivity index (χ2v) is 6.45. The molecule has 0 spiro atoms. The maximum Gasteiger partial charge on any atom is 0.0642 e. The maximum absolute atomic E-state index is 6.49. The van der Waals surface area contributed by atoms with E-state index in [-0.39, 0.29) is 0 Å². The molecular weight excluding hydrogens is 284 g/mol. The van der Waals surface area contributed by atoms with Gasteiger partial charge in [-0.1, -0.05) is 23.7 Å². The molecule has 0 radical (unpaired) electrons. The lowest BCUT2D eigenvalue weighted by Gasteiger charge is -2.35. The van der Waals surface area contributed by atoms with E-state index in [2.05, 4.69) is 29.3 Å². The van der Waals surface area contributed by atoms with Crippen LogP contribution in [0, 0.1) is 0 Å². The highest BCUT2D eigenvalue weighted by molar-refractivity contribution is 6.33. The number of hydrogen-bond donors (Lipinski definition) is 1. The van der Waals surface area contributed by atoms with Gasteiger partial charge in [0.15, 0.2) is 0 Å². The van der Waals surface area contributed by atoms with Crippen molar-refractivity contribution in [3.63, 3.8) is 0 Å². The SMILES string of the molecule is CCOC1CCN(c2c(Cl)cccc2CNC2CC2)CC1. The largest absolute Gasteiger partial charge is 0.378 e. The molecule has 1 N–H and O–H groups in total. The van der Waals surface area contributed by atoms with E-state index in [1.807, 2.05) is 6.07 Å². The van der Waals surface area contributed by atoms with Crippen LogP contribution in [0.1, 0.15) is 38.2 Å². The molecule has 0 unspecified atom stereocenters. The van der Waals surface area contributed by atoms with Gasteiger partial charge >= 0.3 is 0 Å². The van der Waals surface area contributed by atoms with Gasteiger partial charge in [0.05, 0.1) is 16.8 Å². The van der Waals surface area contributed by atoms with Crippen LogP contribution < -0.4 is 10.2 Å². The minimum atomic E-state index is 0.418. The maximum atomic E-state index is 6.49. The molecule has 1 aromatic rings. The molecule has 1 saturated carbocycles. The minimum absolute atomic E-state index is 0.418. The molecule has 1 heterocycles. The summed E-state index contributed by atoms with van der Waals surface area (Å²) in [4.78, 5) is 2.43. The number of rotatable bonds is 6. The highest BCUT2D eigenvalue weighted by atomic mass is 35.5. The lowest BCUT2D eigenvalue weighted by atomic mass is 10.0. The standard InChI is InChI=1S/C17H25ClN2O/c1-2-21-15-8-10-20(11-9-15)17-13(4-3-5-16(17)18)12-19-14-6-7-14/h3-5,14-15,19H,2,6-12H2,1H3. The van der Waals surface area contributed by atoms with Gasteiger partial charge in [-0.15, -0.1) is 0 Å². The summed E-state index contributed by atoms with van der Waals surface area (Å²) in [6, 6.07) is 6.99. The van der Waals surface area contributed by atoms with Crippen molar-refractivity contribution < 1.29 is 4.74 Å². The van der Waals surface area contributed by atoms with E-state index < -0.39 is 0 Å². The number of halogens is 1. The summed E-state index contributed by atoms with van der Waals surface area (Å²) in [5, 5.41) is 4.47. The van der Waals surface area contributed by atoms with Crippen molar-refractivity contribution in [1.82, 2.24) is 5.32 Å². The molecule has 116 valence electrons. The van der Waals surface area contributed by atoms with E-state index in [1.54, 1.807) is 0 Å². The first-order valence-corrected chi connectivity index (χ1v) is 8.53. The molecule has 1 aromatic carbocycles. The molecule has 3 rings (SSSR count). The first-order chi connectivity index (χ1) is 10.3. The van der Waals surface area contributed by atoms with Crippen molar-refractivity contribution in [2.75, 3.05) is 24.6 Å². The first kappa shape index (κ1) is 15.1. The minimum Gasteiger partial charge on any atom is -0.378 e. The highest BCUT2D eigenvalue weighted by Gasteiger charge is 2.24. The molecule has 0 atom stereocenters. The average molecular weight is 309 g/mol. The number of para-hydroxylation sites is 1. The number of nitrogens with zero attached hydrogens (tertiary/aromatic N) is 1. The van der Waals surface area contributed by atoms with Gasteiger partial charge in [-0.25, -0.2) is 0 Å². The van der Waals surface area contributed by atoms with Gasteiger partial charge in [-0.05, 0) is 44.2 Å². The van der Waals surface area contributed by atoms with Gasteiger partial charge in [0.25, 0.3) is 0 Å². The zero-order valence-corrected chi connectivity index (χ0v) is 13.5. The van der Waals surface area contributed by atoms with Gasteiger partial charge in [0.1, 0.15) is 0 Å². The summed E-state index contributed by atoms with van der Waals surface area (Å²) >= 11 is 6.49. The highest BCUT2D eigenvalue weighted by Crippen LogP contribution is 2.33. The van der Waals surface area contributed by atoms with Gasteiger partial charge < -0.3 is 15.0 Å². The van der Waals surface area contributed by atoms with Crippen LogP contribution in [0.4, 0.5) is 5.69 Å². The Kier molecular flexibility index (Phi) is 5.04. The number of benzene rings is 1. The normalized spacial score (nSPS) is 20.0. The third kappa shape index (κ3) is 3.91. The Morgan fingerprint density at radius 2 is 2.00 bits per heavy atom. The van der Waals surface area contributed by atoms with Crippen LogP contribution in [0.15, 0.2) is 18.2 Å². The number of hydrogen-bond acceptors (Lipinski definition) is 3. The summed E-state index contributed by atoms with van der Waals surface area (Å²) in [7, 11) is 0. The van der Waals surface area contributed by atoms with E-state index in [0.717, 1.165) is 50.1 Å². The Morgan fingerprint density at radius 1 is 1.24 bits per heavy atom. The molecule has 2 aliphatic rings. The molecule has 3 nitrogen and oxygen atoms in total. The smallest absolute Gasteiger partial charge is 0.0642 e. The number of piperidine rings is 1. The zero-order chi connectivity index (χ0) is 14.7. The van der Waals surface area contributed by atoms with Crippen LogP contribution in [0.3, 0.4) is 0 Å². The lowest BCUT2D eigenvalue weighted by molar-refractivity contribution is 0.0459. The number of nitrogens with one attached hydrogen (secondary N) is 1. The second kappa shape index (κ2) is 6.99. The van der Waals surface area contributed by atoms with Gasteiger partial charge in [-0.2, -0.15) is 0 Å². The zero-order valence-electron chi connectivity index (χ0n) is 12.8. The summed E-state index contributed by atoms with van der Waals surface area (Å²) < 4.78 is 5.74. The fourth-order valence-corrected chi connectivity index (χ4v) is 3.39. The molecule has 0 amide bonds. The molecular formula is C17H25ClN2O. The second-order valence-electron chi connectivity index (χ2n) is 6.04. The molecule has 0 aromatic heterocycles. The molecule has 21 heavy (non-hydrogen) atoms. The van der Waals surface area contributed by atoms with E-state index in [4.69, 9.17) is 16.3 Å². The van der Waals surface area contributed by atoms with E-state index in [9.17, 15) is 0 Å². The Morgan fingerprint density at radius 3 is 2.67 bits per heavy atom. The number of anilines is 1. The third-order valence-electron chi connectivity index (χ3n) is 4.39. The quantitative estimate of drug-likeness (QED) is 0.869. The molecule has 1 aliphatic heterocycles. The van der Waals surface area contributed by atoms with Crippen molar-refractivity contribution in [3.05, 3.63) is 28.8 Å². The molecule has 1 saturated heterocycles. The summed E-state index contributed by atoms with van der Waals surface area (Å²) in [6.07, 6.45) is 5.23. The van der Waals surface area contributed by atoms with Crippen LogP contribution in [-0.2, 0) is 11.3 Å². The van der Waals surface area contributed by atoms with Crippen molar-refractivity contribution in [3.8, 4) is 0 Å². The monoisotopic (exact) mass is 308 g/mol. The topological polar surface area (TPSA) is 24.5 Å². The van der Waals surface area contributed by atoms with E-state index in [0.29, 0.717) is 6.10 Å². The Balaban J connectivity index is 1.68. The average Bonchev–Trinajstić information content (AvgIpc) is 3.31. The Labute approximate surface area is 132 Å². The van der Waals surface area contributed by atoms with E-state index in [1.165, 1.54) is 24.1 Å². The van der Waals surface area contributed by atoms with Gasteiger partial charge in [0, 0.05) is 32.3 Å². The van der Waals surface area contributed by atoms with Gasteiger partial charge in [0.2, 0.25) is 0 Å². The van der Waals surface area contributed by atoms with Crippen LogP contribution in [0.2, 0.25) is 5.02 Å². The lowest BCUT2D eigenvalue weighted by Crippen LogP contribution is -2.38. The molecule has 4 heteroatoms. The van der Waals surface area contributed by atoms with E-state index >= 15 is 0 Å². The van der Waals surface area contributed by atoms with Crippen LogP contribution in [-0.4, -0.2) is 31.8 Å². The van der Waals surface area contributed by atoms with Gasteiger partial charge in [-0.3, -0.25) is 0 Å². The molecule has 0 bridgehead atoms. The fraction of sp³-hybridized carbons (Fsp3) is 0.647. The van der Waals surface area contributed by atoms with Crippen molar-refractivity contribution in [1.29, 1.82) is 0 Å². The van der Waals surface area contributed by atoms with Crippen LogP contribution in [0.5, 0.6) is 0 Å². The summed E-state index contributed by atoms with van der Waals surface area (Å²) in [6.45, 7) is 5.87. The van der Waals surface area contributed by atoms with Crippen molar-refractivity contribution >= 4 is 17.3 Å². The predicted molar refractivity (Wildman–Crippen MR) is 88.2 cm³/mol. The van der Waals surface area contributed by atoms with Crippen LogP contribution in [0.25, 0.3) is 0 Å². The van der Waals surface area contributed by atoms with Crippen molar-refractivity contribution in [2.45, 2.75) is 51.3 Å². The summed E-state index contributed by atoms with van der Waals surface area (Å²) in [5.74, 6) is 0. The molecule has 1 aliphatic carbocycles. The number of ether oxygens (including phenoxy) is 1. The Bertz CT molecular complexity index is 468. The van der Waals surface area contributed by atoms with Crippen molar-refractivity contribution in [2.24, 2.45) is 0 Å². The van der Waals surface area contributed by atoms with Crippen LogP contribution >= 0.6 is 11.6 Å².